The van der Waals surface area contributed by atoms with Crippen molar-refractivity contribution >= 4 is 23.1 Å². The summed E-state index contributed by atoms with van der Waals surface area (Å²) in [5, 5.41) is 2.83. The van der Waals surface area contributed by atoms with Gasteiger partial charge in [0, 0.05) is 24.9 Å². The Balaban J connectivity index is 2.34. The van der Waals surface area contributed by atoms with Crippen LogP contribution in [0.1, 0.15) is 25.5 Å². The number of aromatic nitrogens is 2. The number of hydrogen-bond donors (Lipinski definition) is 3. The molecule has 0 aliphatic heterocycles. The van der Waals surface area contributed by atoms with Crippen LogP contribution in [0.5, 0.6) is 0 Å². The number of thiocarbonyl (C=S) groups is 1. The van der Waals surface area contributed by atoms with Gasteiger partial charge < -0.3 is 16.0 Å². The lowest BCUT2D eigenvalue weighted by molar-refractivity contribution is -0.123. The molecule has 0 aliphatic rings. The predicted molar refractivity (Wildman–Crippen MR) is 70.5 cm³/mol. The third-order valence-electron chi connectivity index (χ3n) is 2.49. The van der Waals surface area contributed by atoms with Gasteiger partial charge in [0.15, 0.2) is 0 Å². The molecular formula is C11H18N4OS. The second kappa shape index (κ2) is 7.01. The Bertz CT molecular complexity index is 364. The van der Waals surface area contributed by atoms with Gasteiger partial charge in [-0.05, 0) is 6.42 Å². The average Bonchev–Trinajstić information content (AvgIpc) is 2.78. The van der Waals surface area contributed by atoms with Crippen LogP contribution in [0.25, 0.3) is 0 Å². The Kier molecular flexibility index (Phi) is 5.62. The highest BCUT2D eigenvalue weighted by atomic mass is 32.1. The normalized spacial score (nSPS) is 12.1. The molecule has 1 rings (SSSR count). The van der Waals surface area contributed by atoms with Gasteiger partial charge in [-0.2, -0.15) is 0 Å². The SMILES string of the molecule is CCCC(C(=O)NCCc1cnc[nH]1)C(N)=S. The molecule has 1 heterocycles. The van der Waals surface area contributed by atoms with Crippen molar-refractivity contribution in [2.75, 3.05) is 6.54 Å². The standard InChI is InChI=1S/C11H18N4OS/c1-2-3-9(10(12)17)11(16)14-5-4-8-6-13-7-15-8/h6-7,9H,2-5H2,1H3,(H2,12,17)(H,13,15)(H,14,16). The van der Waals surface area contributed by atoms with Gasteiger partial charge in [-0.25, -0.2) is 4.98 Å². The fourth-order valence-corrected chi connectivity index (χ4v) is 1.78. The molecule has 0 radical (unpaired) electrons. The van der Waals surface area contributed by atoms with E-state index in [1.165, 1.54) is 0 Å². The summed E-state index contributed by atoms with van der Waals surface area (Å²) in [6, 6.07) is 0. The number of nitrogens with two attached hydrogens (primary N) is 1. The highest BCUT2D eigenvalue weighted by Gasteiger charge is 2.19. The Labute approximate surface area is 106 Å². The summed E-state index contributed by atoms with van der Waals surface area (Å²) < 4.78 is 0. The average molecular weight is 254 g/mol. The molecule has 0 aliphatic carbocycles. The first-order valence-corrected chi connectivity index (χ1v) is 6.10. The Morgan fingerprint density at radius 1 is 1.71 bits per heavy atom. The molecule has 0 saturated heterocycles. The minimum Gasteiger partial charge on any atom is -0.393 e. The monoisotopic (exact) mass is 254 g/mol. The minimum atomic E-state index is -0.350. The van der Waals surface area contributed by atoms with Crippen molar-refractivity contribution in [2.24, 2.45) is 11.7 Å². The Morgan fingerprint density at radius 3 is 3.00 bits per heavy atom. The molecule has 1 atom stereocenters. The van der Waals surface area contributed by atoms with Crippen LogP contribution in [0, 0.1) is 5.92 Å². The highest BCUT2D eigenvalue weighted by Crippen LogP contribution is 2.06. The first kappa shape index (κ1) is 13.6. The molecule has 6 heteroatoms. The first-order chi connectivity index (χ1) is 8.15. The van der Waals surface area contributed by atoms with Crippen LogP contribution in [0.15, 0.2) is 12.5 Å². The number of carbonyl (C=O) groups is 1. The van der Waals surface area contributed by atoms with E-state index in [2.05, 4.69) is 15.3 Å². The maximum Gasteiger partial charge on any atom is 0.229 e. The van der Waals surface area contributed by atoms with Gasteiger partial charge in [0.1, 0.15) is 0 Å². The van der Waals surface area contributed by atoms with Crippen molar-refractivity contribution in [1.82, 2.24) is 15.3 Å². The summed E-state index contributed by atoms with van der Waals surface area (Å²) >= 11 is 4.89. The molecule has 17 heavy (non-hydrogen) atoms. The molecule has 4 N–H and O–H groups in total. The highest BCUT2D eigenvalue weighted by molar-refractivity contribution is 7.80. The summed E-state index contributed by atoms with van der Waals surface area (Å²) in [6.07, 6.45) is 5.67. The maximum atomic E-state index is 11.8. The van der Waals surface area contributed by atoms with E-state index in [0.717, 1.165) is 18.5 Å². The molecule has 0 saturated carbocycles. The van der Waals surface area contributed by atoms with Gasteiger partial charge in [-0.3, -0.25) is 4.79 Å². The molecule has 1 amide bonds. The lowest BCUT2D eigenvalue weighted by Crippen LogP contribution is -2.38. The molecular weight excluding hydrogens is 236 g/mol. The number of nitrogens with one attached hydrogen (secondary N) is 2. The second-order valence-corrected chi connectivity index (χ2v) is 4.33. The summed E-state index contributed by atoms with van der Waals surface area (Å²) in [7, 11) is 0. The van der Waals surface area contributed by atoms with E-state index in [0.29, 0.717) is 13.0 Å². The van der Waals surface area contributed by atoms with Gasteiger partial charge in [-0.15, -0.1) is 0 Å². The minimum absolute atomic E-state index is 0.0844. The number of aromatic amines is 1. The van der Waals surface area contributed by atoms with E-state index < -0.39 is 0 Å². The summed E-state index contributed by atoms with van der Waals surface area (Å²) in [6.45, 7) is 2.56. The number of hydrogen-bond acceptors (Lipinski definition) is 3. The van der Waals surface area contributed by atoms with Gasteiger partial charge in [0.2, 0.25) is 5.91 Å². The molecule has 0 bridgehead atoms. The summed E-state index contributed by atoms with van der Waals surface area (Å²) in [4.78, 5) is 18.9. The molecule has 0 fully saturated rings. The fourth-order valence-electron chi connectivity index (χ4n) is 1.56. The van der Waals surface area contributed by atoms with Crippen molar-refractivity contribution < 1.29 is 4.79 Å². The third-order valence-corrected chi connectivity index (χ3v) is 2.77. The maximum absolute atomic E-state index is 11.8. The first-order valence-electron chi connectivity index (χ1n) is 5.69. The molecule has 1 aromatic heterocycles. The zero-order valence-electron chi connectivity index (χ0n) is 9.90. The Hall–Kier alpha value is -1.43. The van der Waals surface area contributed by atoms with Gasteiger partial charge >= 0.3 is 0 Å². The number of nitrogens with zero attached hydrogens (tertiary/aromatic N) is 1. The van der Waals surface area contributed by atoms with Crippen molar-refractivity contribution in [3.8, 4) is 0 Å². The fraction of sp³-hybridized carbons (Fsp3) is 0.545. The Morgan fingerprint density at radius 2 is 2.47 bits per heavy atom. The summed E-state index contributed by atoms with van der Waals surface area (Å²) in [5.41, 5.74) is 6.54. The number of H-pyrrole nitrogens is 1. The molecule has 0 aromatic carbocycles. The van der Waals surface area contributed by atoms with Crippen molar-refractivity contribution in [2.45, 2.75) is 26.2 Å². The van der Waals surface area contributed by atoms with Gasteiger partial charge in [0.25, 0.3) is 0 Å². The zero-order chi connectivity index (χ0) is 12.7. The molecule has 1 aromatic rings. The van der Waals surface area contributed by atoms with E-state index in [4.69, 9.17) is 18.0 Å². The molecule has 1 unspecified atom stereocenters. The van der Waals surface area contributed by atoms with E-state index in [1.807, 2.05) is 6.92 Å². The summed E-state index contributed by atoms with van der Waals surface area (Å²) in [5.74, 6) is -0.435. The lowest BCUT2D eigenvalue weighted by Gasteiger charge is -2.14. The van der Waals surface area contributed by atoms with E-state index in [-0.39, 0.29) is 16.8 Å². The zero-order valence-corrected chi connectivity index (χ0v) is 10.7. The lowest BCUT2D eigenvalue weighted by atomic mass is 10.0. The van der Waals surface area contributed by atoms with Gasteiger partial charge in [0.05, 0.1) is 17.2 Å². The van der Waals surface area contributed by atoms with E-state index >= 15 is 0 Å². The van der Waals surface area contributed by atoms with Crippen LogP contribution < -0.4 is 11.1 Å². The van der Waals surface area contributed by atoms with Gasteiger partial charge in [-0.1, -0.05) is 25.6 Å². The molecule has 5 nitrogen and oxygen atoms in total. The van der Waals surface area contributed by atoms with Crippen LogP contribution in [0.4, 0.5) is 0 Å². The van der Waals surface area contributed by atoms with Crippen LogP contribution in [0.2, 0.25) is 0 Å². The quantitative estimate of drug-likeness (QED) is 0.628. The number of carbonyl (C=O) groups excluding carboxylic acids is 1. The van der Waals surface area contributed by atoms with E-state index in [1.54, 1.807) is 12.5 Å². The van der Waals surface area contributed by atoms with Crippen LogP contribution in [-0.2, 0) is 11.2 Å². The predicted octanol–water partition coefficient (Wildman–Crippen LogP) is 0.771. The smallest absolute Gasteiger partial charge is 0.229 e. The van der Waals surface area contributed by atoms with E-state index in [9.17, 15) is 4.79 Å². The van der Waals surface area contributed by atoms with Crippen molar-refractivity contribution in [3.05, 3.63) is 18.2 Å². The number of rotatable bonds is 7. The number of imidazole rings is 1. The molecule has 94 valence electrons. The topological polar surface area (TPSA) is 83.8 Å². The number of amides is 1. The van der Waals surface area contributed by atoms with Crippen molar-refractivity contribution in [3.63, 3.8) is 0 Å². The van der Waals surface area contributed by atoms with Crippen molar-refractivity contribution in [1.29, 1.82) is 0 Å². The third kappa shape index (κ3) is 4.52. The largest absolute Gasteiger partial charge is 0.393 e. The van der Waals surface area contributed by atoms with Crippen LogP contribution >= 0.6 is 12.2 Å². The molecule has 0 spiro atoms. The van der Waals surface area contributed by atoms with Crippen LogP contribution in [-0.4, -0.2) is 27.4 Å². The van der Waals surface area contributed by atoms with Crippen LogP contribution in [0.3, 0.4) is 0 Å². The second-order valence-electron chi connectivity index (χ2n) is 3.86.